The third kappa shape index (κ3) is 3.89. The zero-order valence-corrected chi connectivity index (χ0v) is 18.0. The average Bonchev–Trinajstić information content (AvgIpc) is 2.76. The second-order valence-electron chi connectivity index (χ2n) is 8.10. The maximum absolute atomic E-state index is 12.9. The van der Waals surface area contributed by atoms with Crippen LogP contribution >= 0.6 is 0 Å². The van der Waals surface area contributed by atoms with Gasteiger partial charge in [0.15, 0.2) is 0 Å². The first kappa shape index (κ1) is 20.6. The number of aromatic nitrogens is 1. The van der Waals surface area contributed by atoms with Gasteiger partial charge in [-0.25, -0.2) is 4.98 Å². The number of aryl methyl sites for hydroxylation is 2. The van der Waals surface area contributed by atoms with E-state index >= 15 is 0 Å². The predicted octanol–water partition coefficient (Wildman–Crippen LogP) is 5.05. The lowest BCUT2D eigenvalue weighted by molar-refractivity contribution is 0.0823. The van der Waals surface area contributed by atoms with Gasteiger partial charge in [0.2, 0.25) is 5.88 Å². The van der Waals surface area contributed by atoms with Gasteiger partial charge in [0, 0.05) is 22.9 Å². The first-order valence-electron chi connectivity index (χ1n) is 10.4. The molecule has 1 N–H and O–H groups in total. The maximum atomic E-state index is 12.9. The molecule has 5 heteroatoms. The van der Waals surface area contributed by atoms with Crippen molar-refractivity contribution in [2.75, 3.05) is 7.11 Å². The van der Waals surface area contributed by atoms with Crippen molar-refractivity contribution < 1.29 is 9.53 Å². The molecule has 4 rings (SSSR count). The van der Waals surface area contributed by atoms with Crippen LogP contribution in [0.4, 0.5) is 0 Å². The minimum Gasteiger partial charge on any atom is -0.481 e. The fraction of sp³-hybridized carbons (Fsp3) is 0.269. The Kier molecular flexibility index (Phi) is 5.48. The molecule has 1 amide bonds. The zero-order chi connectivity index (χ0) is 22.0. The van der Waals surface area contributed by atoms with E-state index in [9.17, 15) is 4.79 Å². The fourth-order valence-electron chi connectivity index (χ4n) is 4.30. The van der Waals surface area contributed by atoms with Crippen molar-refractivity contribution in [3.63, 3.8) is 0 Å². The molecule has 0 unspecified atom stereocenters. The number of methoxy groups -OCH3 is 1. The SMILES string of the molecule is COc1cc(C)c(-c2ccc(C3(NC(=O)c4ccc(C#N)cc4)CCC3)cc2)c(C)n1. The van der Waals surface area contributed by atoms with Crippen LogP contribution in [0.5, 0.6) is 5.88 Å². The second kappa shape index (κ2) is 8.23. The molecule has 156 valence electrons. The standard InChI is InChI=1S/C26H25N3O2/c1-17-15-23(31-3)28-18(2)24(17)20-9-11-22(12-10-20)26(13-4-14-26)29-25(30)21-7-5-19(16-27)6-8-21/h5-12,15H,4,13-14H2,1-3H3,(H,29,30). The highest BCUT2D eigenvalue weighted by atomic mass is 16.5. The van der Waals surface area contributed by atoms with Crippen LogP contribution in [0.15, 0.2) is 54.6 Å². The van der Waals surface area contributed by atoms with Gasteiger partial charge in [-0.3, -0.25) is 4.79 Å². The molecule has 31 heavy (non-hydrogen) atoms. The molecule has 1 heterocycles. The van der Waals surface area contributed by atoms with Crippen molar-refractivity contribution in [2.45, 2.75) is 38.6 Å². The Hall–Kier alpha value is -3.65. The minimum absolute atomic E-state index is 0.112. The van der Waals surface area contributed by atoms with Crippen LogP contribution < -0.4 is 10.1 Å². The molecule has 2 aromatic carbocycles. The van der Waals surface area contributed by atoms with E-state index in [0.29, 0.717) is 17.0 Å². The molecule has 1 aliphatic rings. The quantitative estimate of drug-likeness (QED) is 0.637. The average molecular weight is 412 g/mol. The van der Waals surface area contributed by atoms with Crippen LogP contribution in [0.25, 0.3) is 11.1 Å². The lowest BCUT2D eigenvalue weighted by atomic mass is 9.71. The van der Waals surface area contributed by atoms with Crippen molar-refractivity contribution >= 4 is 5.91 Å². The number of carbonyl (C=O) groups excluding carboxylic acids is 1. The number of rotatable bonds is 5. The Balaban J connectivity index is 1.58. The smallest absolute Gasteiger partial charge is 0.251 e. The molecule has 5 nitrogen and oxygen atoms in total. The van der Waals surface area contributed by atoms with Gasteiger partial charge in [-0.1, -0.05) is 24.3 Å². The van der Waals surface area contributed by atoms with Crippen molar-refractivity contribution in [1.29, 1.82) is 5.26 Å². The molecule has 0 saturated heterocycles. The van der Waals surface area contributed by atoms with E-state index in [2.05, 4.69) is 47.6 Å². The molecule has 1 aliphatic carbocycles. The van der Waals surface area contributed by atoms with E-state index in [-0.39, 0.29) is 11.4 Å². The molecule has 0 bridgehead atoms. The van der Waals surface area contributed by atoms with Gasteiger partial charge in [-0.15, -0.1) is 0 Å². The molecule has 1 aromatic heterocycles. The molecule has 0 radical (unpaired) electrons. The largest absolute Gasteiger partial charge is 0.481 e. The molecular weight excluding hydrogens is 386 g/mol. The van der Waals surface area contributed by atoms with Crippen molar-refractivity contribution in [1.82, 2.24) is 10.3 Å². The van der Waals surface area contributed by atoms with Gasteiger partial charge in [0.25, 0.3) is 5.91 Å². The first-order chi connectivity index (χ1) is 15.0. The Morgan fingerprint density at radius 3 is 2.29 bits per heavy atom. The van der Waals surface area contributed by atoms with E-state index < -0.39 is 0 Å². The summed E-state index contributed by atoms with van der Waals surface area (Å²) < 4.78 is 5.27. The van der Waals surface area contributed by atoms with E-state index in [1.807, 2.05) is 13.0 Å². The van der Waals surface area contributed by atoms with Gasteiger partial charge in [-0.05, 0) is 74.1 Å². The summed E-state index contributed by atoms with van der Waals surface area (Å²) in [5.41, 5.74) is 6.13. The minimum atomic E-state index is -0.342. The summed E-state index contributed by atoms with van der Waals surface area (Å²) in [7, 11) is 1.62. The summed E-state index contributed by atoms with van der Waals surface area (Å²) in [4.78, 5) is 17.4. The first-order valence-corrected chi connectivity index (χ1v) is 10.4. The van der Waals surface area contributed by atoms with Crippen molar-refractivity contribution in [3.05, 3.63) is 82.5 Å². The highest BCUT2D eigenvalue weighted by molar-refractivity contribution is 5.95. The molecule has 0 spiro atoms. The summed E-state index contributed by atoms with van der Waals surface area (Å²) in [5.74, 6) is 0.508. The van der Waals surface area contributed by atoms with Crippen molar-refractivity contribution in [3.8, 4) is 23.1 Å². The van der Waals surface area contributed by atoms with Gasteiger partial charge in [0.1, 0.15) is 0 Å². The number of hydrogen-bond donors (Lipinski definition) is 1. The van der Waals surface area contributed by atoms with E-state index in [0.717, 1.165) is 47.2 Å². The van der Waals surface area contributed by atoms with Crippen LogP contribution in [-0.2, 0) is 5.54 Å². The number of amides is 1. The number of hydrogen-bond acceptors (Lipinski definition) is 4. The van der Waals surface area contributed by atoms with Crippen molar-refractivity contribution in [2.24, 2.45) is 0 Å². The van der Waals surface area contributed by atoms with Gasteiger partial charge in [0.05, 0.1) is 24.3 Å². The summed E-state index contributed by atoms with van der Waals surface area (Å²) >= 11 is 0. The Morgan fingerprint density at radius 2 is 1.77 bits per heavy atom. The summed E-state index contributed by atoms with van der Waals surface area (Å²) in [6, 6.07) is 19.2. The summed E-state index contributed by atoms with van der Waals surface area (Å²) in [5, 5.41) is 12.2. The van der Waals surface area contributed by atoms with E-state index in [1.165, 1.54) is 0 Å². The number of nitrogens with zero attached hydrogens (tertiary/aromatic N) is 2. The molecular formula is C26H25N3O2. The number of pyridine rings is 1. The number of ether oxygens (including phenoxy) is 1. The number of nitriles is 1. The molecule has 3 aromatic rings. The van der Waals surface area contributed by atoms with E-state index in [4.69, 9.17) is 10.00 Å². The Morgan fingerprint density at radius 1 is 1.10 bits per heavy atom. The van der Waals surface area contributed by atoms with Gasteiger partial charge >= 0.3 is 0 Å². The normalized spacial score (nSPS) is 14.3. The van der Waals surface area contributed by atoms with Crippen LogP contribution in [0.1, 0.15) is 52.0 Å². The lowest BCUT2D eigenvalue weighted by Crippen LogP contribution is -2.50. The highest BCUT2D eigenvalue weighted by Crippen LogP contribution is 2.42. The van der Waals surface area contributed by atoms with Crippen LogP contribution in [0.3, 0.4) is 0 Å². The number of carbonyl (C=O) groups is 1. The molecule has 0 atom stereocenters. The maximum Gasteiger partial charge on any atom is 0.251 e. The number of benzene rings is 2. The Bertz CT molecular complexity index is 1130. The predicted molar refractivity (Wildman–Crippen MR) is 120 cm³/mol. The van der Waals surface area contributed by atoms with Crippen LogP contribution in [0, 0.1) is 25.2 Å². The Labute approximate surface area is 182 Å². The summed E-state index contributed by atoms with van der Waals surface area (Å²) in [6.07, 6.45) is 2.91. The fourth-order valence-corrected chi connectivity index (χ4v) is 4.30. The highest BCUT2D eigenvalue weighted by Gasteiger charge is 2.40. The molecule has 1 saturated carbocycles. The lowest BCUT2D eigenvalue weighted by Gasteiger charge is -2.43. The monoisotopic (exact) mass is 411 g/mol. The zero-order valence-electron chi connectivity index (χ0n) is 18.0. The molecule has 1 fully saturated rings. The second-order valence-corrected chi connectivity index (χ2v) is 8.10. The van der Waals surface area contributed by atoms with Gasteiger partial charge in [-0.2, -0.15) is 5.26 Å². The third-order valence-electron chi connectivity index (χ3n) is 6.15. The van der Waals surface area contributed by atoms with Gasteiger partial charge < -0.3 is 10.1 Å². The van der Waals surface area contributed by atoms with E-state index in [1.54, 1.807) is 31.4 Å². The third-order valence-corrected chi connectivity index (χ3v) is 6.15. The summed E-state index contributed by atoms with van der Waals surface area (Å²) in [6.45, 7) is 4.05. The van der Waals surface area contributed by atoms with Crippen LogP contribution in [-0.4, -0.2) is 18.0 Å². The molecule has 0 aliphatic heterocycles. The topological polar surface area (TPSA) is 75.0 Å². The number of nitrogens with one attached hydrogen (secondary N) is 1. The van der Waals surface area contributed by atoms with Crippen LogP contribution in [0.2, 0.25) is 0 Å².